The van der Waals surface area contributed by atoms with Crippen molar-refractivity contribution in [2.45, 2.75) is 19.0 Å². The summed E-state index contributed by atoms with van der Waals surface area (Å²) < 4.78 is 5.75. The summed E-state index contributed by atoms with van der Waals surface area (Å²) in [6, 6.07) is 19.7. The summed E-state index contributed by atoms with van der Waals surface area (Å²) in [6.45, 7) is 0.387. The van der Waals surface area contributed by atoms with Gasteiger partial charge in [0.1, 0.15) is 11.5 Å². The van der Waals surface area contributed by atoms with E-state index in [1.54, 1.807) is 0 Å². The first kappa shape index (κ1) is 19.4. The lowest BCUT2D eigenvalue weighted by molar-refractivity contribution is -0.121. The molecular weight excluding hydrogens is 374 g/mol. The molecule has 1 unspecified atom stereocenters. The number of para-hydroxylation sites is 1. The Morgan fingerprint density at radius 1 is 0.964 bits per heavy atom. The lowest BCUT2D eigenvalue weighted by Gasteiger charge is -2.16. The molecular formula is C21H21N3O3S. The molecule has 144 valence electrons. The third-order valence-corrected chi connectivity index (χ3v) is 4.97. The Balaban J connectivity index is 1.51. The maximum absolute atomic E-state index is 12.3. The number of hydrogen-bond donors (Lipinski definition) is 3. The van der Waals surface area contributed by atoms with E-state index >= 15 is 0 Å². The van der Waals surface area contributed by atoms with Gasteiger partial charge in [-0.15, -0.1) is 11.3 Å². The molecule has 0 fully saturated rings. The number of carbonyl (C=O) groups excluding carboxylic acids is 2. The van der Waals surface area contributed by atoms with Crippen LogP contribution >= 0.6 is 11.3 Å². The average molecular weight is 395 g/mol. The Morgan fingerprint density at radius 2 is 1.68 bits per heavy atom. The zero-order valence-corrected chi connectivity index (χ0v) is 15.9. The highest BCUT2D eigenvalue weighted by Gasteiger charge is 2.18. The quantitative estimate of drug-likeness (QED) is 0.539. The van der Waals surface area contributed by atoms with E-state index in [9.17, 15) is 9.59 Å². The third kappa shape index (κ3) is 5.85. The number of urea groups is 1. The number of amides is 3. The lowest BCUT2D eigenvalue weighted by atomic mass is 10.1. The van der Waals surface area contributed by atoms with E-state index in [0.717, 1.165) is 21.9 Å². The van der Waals surface area contributed by atoms with Crippen LogP contribution in [0.1, 0.15) is 22.9 Å². The molecule has 2 aromatic carbocycles. The summed E-state index contributed by atoms with van der Waals surface area (Å²) in [5.41, 5.74) is 6.17. The second kappa shape index (κ2) is 9.57. The van der Waals surface area contributed by atoms with Crippen molar-refractivity contribution in [3.63, 3.8) is 0 Å². The minimum absolute atomic E-state index is 0.124. The summed E-state index contributed by atoms with van der Waals surface area (Å²) in [4.78, 5) is 24.4. The predicted octanol–water partition coefficient (Wildman–Crippen LogP) is 3.96. The second-order valence-electron chi connectivity index (χ2n) is 6.12. The second-order valence-corrected chi connectivity index (χ2v) is 7.10. The van der Waals surface area contributed by atoms with E-state index in [0.29, 0.717) is 6.54 Å². The van der Waals surface area contributed by atoms with E-state index in [1.807, 2.05) is 72.1 Å². The molecule has 6 nitrogen and oxygen atoms in total. The molecule has 0 saturated heterocycles. The SMILES string of the molecule is NC(=O)NC(CC(=O)NCc1ccc(Oc2ccccc2)cc1)c1cccs1. The number of rotatable bonds is 8. The molecule has 0 saturated carbocycles. The average Bonchev–Trinajstić information content (AvgIpc) is 3.22. The first-order valence-electron chi connectivity index (χ1n) is 8.78. The van der Waals surface area contributed by atoms with Crippen molar-refractivity contribution in [2.24, 2.45) is 5.73 Å². The van der Waals surface area contributed by atoms with Crippen molar-refractivity contribution in [1.29, 1.82) is 0 Å². The fourth-order valence-electron chi connectivity index (χ4n) is 2.64. The van der Waals surface area contributed by atoms with Gasteiger partial charge in [0.05, 0.1) is 12.5 Å². The molecule has 1 atom stereocenters. The minimum Gasteiger partial charge on any atom is -0.457 e. The molecule has 7 heteroatoms. The molecule has 3 aromatic rings. The minimum atomic E-state index is -0.653. The highest BCUT2D eigenvalue weighted by Crippen LogP contribution is 2.23. The Labute approximate surface area is 167 Å². The molecule has 3 amide bonds. The van der Waals surface area contributed by atoms with Gasteiger partial charge in [0.2, 0.25) is 5.91 Å². The van der Waals surface area contributed by atoms with Crippen LogP contribution in [0, 0.1) is 0 Å². The van der Waals surface area contributed by atoms with Crippen molar-refractivity contribution in [3.05, 3.63) is 82.6 Å². The first-order chi connectivity index (χ1) is 13.6. The molecule has 0 aliphatic heterocycles. The van der Waals surface area contributed by atoms with Gasteiger partial charge in [0.25, 0.3) is 0 Å². The van der Waals surface area contributed by atoms with Gasteiger partial charge in [-0.1, -0.05) is 36.4 Å². The predicted molar refractivity (Wildman–Crippen MR) is 109 cm³/mol. The topological polar surface area (TPSA) is 93.5 Å². The van der Waals surface area contributed by atoms with Crippen LogP contribution in [0.25, 0.3) is 0 Å². The van der Waals surface area contributed by atoms with E-state index < -0.39 is 12.1 Å². The number of benzene rings is 2. The molecule has 3 rings (SSSR count). The fraction of sp³-hybridized carbons (Fsp3) is 0.143. The normalized spacial score (nSPS) is 11.4. The Bertz CT molecular complexity index is 896. The lowest BCUT2D eigenvalue weighted by Crippen LogP contribution is -2.36. The Morgan fingerprint density at radius 3 is 2.32 bits per heavy atom. The summed E-state index contributed by atoms with van der Waals surface area (Å²) in [6.07, 6.45) is 0.124. The summed E-state index contributed by atoms with van der Waals surface area (Å²) >= 11 is 1.47. The van der Waals surface area contributed by atoms with Gasteiger partial charge < -0.3 is 21.1 Å². The van der Waals surface area contributed by atoms with Crippen LogP contribution in [0.5, 0.6) is 11.5 Å². The summed E-state index contributed by atoms with van der Waals surface area (Å²) in [7, 11) is 0. The fourth-order valence-corrected chi connectivity index (χ4v) is 3.42. The van der Waals surface area contributed by atoms with Crippen LogP contribution in [-0.4, -0.2) is 11.9 Å². The highest BCUT2D eigenvalue weighted by atomic mass is 32.1. The zero-order chi connectivity index (χ0) is 19.8. The van der Waals surface area contributed by atoms with Crippen molar-refractivity contribution >= 4 is 23.3 Å². The summed E-state index contributed by atoms with van der Waals surface area (Å²) in [5.74, 6) is 1.33. The van der Waals surface area contributed by atoms with Crippen LogP contribution in [0.2, 0.25) is 0 Å². The molecule has 0 aliphatic rings. The van der Waals surface area contributed by atoms with Crippen LogP contribution in [0.15, 0.2) is 72.1 Å². The van der Waals surface area contributed by atoms with Crippen molar-refractivity contribution < 1.29 is 14.3 Å². The Kier molecular flexibility index (Phi) is 6.64. The van der Waals surface area contributed by atoms with Gasteiger partial charge in [0, 0.05) is 11.4 Å². The maximum Gasteiger partial charge on any atom is 0.312 e. The van der Waals surface area contributed by atoms with Gasteiger partial charge in [-0.3, -0.25) is 4.79 Å². The van der Waals surface area contributed by atoms with Crippen molar-refractivity contribution in [1.82, 2.24) is 10.6 Å². The largest absolute Gasteiger partial charge is 0.457 e. The van der Waals surface area contributed by atoms with Gasteiger partial charge >= 0.3 is 6.03 Å². The van der Waals surface area contributed by atoms with Crippen LogP contribution < -0.4 is 21.1 Å². The van der Waals surface area contributed by atoms with Crippen LogP contribution in [0.4, 0.5) is 4.79 Å². The molecule has 0 radical (unpaired) electrons. The number of thiophene rings is 1. The number of primary amides is 1. The number of hydrogen-bond acceptors (Lipinski definition) is 4. The monoisotopic (exact) mass is 395 g/mol. The third-order valence-electron chi connectivity index (χ3n) is 3.98. The van der Waals surface area contributed by atoms with E-state index in [-0.39, 0.29) is 12.3 Å². The van der Waals surface area contributed by atoms with E-state index in [2.05, 4.69) is 10.6 Å². The summed E-state index contributed by atoms with van der Waals surface area (Å²) in [5, 5.41) is 7.37. The van der Waals surface area contributed by atoms with Crippen LogP contribution in [-0.2, 0) is 11.3 Å². The van der Waals surface area contributed by atoms with Gasteiger partial charge in [-0.25, -0.2) is 4.79 Å². The number of nitrogens with one attached hydrogen (secondary N) is 2. The van der Waals surface area contributed by atoms with Crippen LogP contribution in [0.3, 0.4) is 0 Å². The molecule has 1 heterocycles. The standard InChI is InChI=1S/C21H21N3O3S/c22-21(26)24-18(19-7-4-12-28-19)13-20(25)23-14-15-8-10-17(11-9-15)27-16-5-2-1-3-6-16/h1-12,18H,13-14H2,(H,23,25)(H3,22,24,26). The van der Waals surface area contributed by atoms with Gasteiger partial charge in [-0.05, 0) is 41.3 Å². The molecule has 0 spiro atoms. The molecule has 4 N–H and O–H groups in total. The number of ether oxygens (including phenoxy) is 1. The smallest absolute Gasteiger partial charge is 0.312 e. The number of nitrogens with two attached hydrogens (primary N) is 1. The molecule has 0 bridgehead atoms. The van der Waals surface area contributed by atoms with Crippen molar-refractivity contribution in [2.75, 3.05) is 0 Å². The van der Waals surface area contributed by atoms with Crippen molar-refractivity contribution in [3.8, 4) is 11.5 Å². The first-order valence-corrected chi connectivity index (χ1v) is 9.66. The van der Waals surface area contributed by atoms with E-state index in [1.165, 1.54) is 11.3 Å². The van der Waals surface area contributed by atoms with Gasteiger partial charge in [-0.2, -0.15) is 0 Å². The number of carbonyl (C=O) groups is 2. The Hall–Kier alpha value is -3.32. The van der Waals surface area contributed by atoms with E-state index in [4.69, 9.17) is 10.5 Å². The molecule has 28 heavy (non-hydrogen) atoms. The molecule has 1 aromatic heterocycles. The molecule has 0 aliphatic carbocycles. The highest BCUT2D eigenvalue weighted by molar-refractivity contribution is 7.10. The van der Waals surface area contributed by atoms with Gasteiger partial charge in [0.15, 0.2) is 0 Å². The zero-order valence-electron chi connectivity index (χ0n) is 15.1. The maximum atomic E-state index is 12.3.